The molecule has 2 unspecified atom stereocenters. The number of thiophene rings is 1. The first-order valence-electron chi connectivity index (χ1n) is 7.59. The lowest BCUT2D eigenvalue weighted by Gasteiger charge is -2.37. The number of nitrogens with one attached hydrogen (secondary N) is 1. The second-order valence-corrected chi connectivity index (χ2v) is 7.10. The quantitative estimate of drug-likeness (QED) is 0.848. The molecule has 1 aliphatic carbocycles. The molecule has 1 saturated carbocycles. The number of carboxylic acids is 1. The number of carbonyl (C=O) groups is 2. The van der Waals surface area contributed by atoms with Gasteiger partial charge in [-0.05, 0) is 43.0 Å². The van der Waals surface area contributed by atoms with E-state index in [1.165, 1.54) is 4.88 Å². The third kappa shape index (κ3) is 4.30. The van der Waals surface area contributed by atoms with Crippen molar-refractivity contribution >= 4 is 23.2 Å². The van der Waals surface area contributed by atoms with E-state index in [4.69, 9.17) is 0 Å². The van der Waals surface area contributed by atoms with Gasteiger partial charge in [-0.1, -0.05) is 25.8 Å². The molecule has 0 bridgehead atoms. The van der Waals surface area contributed by atoms with Crippen LogP contribution in [0.2, 0.25) is 0 Å². The van der Waals surface area contributed by atoms with Crippen LogP contribution in [0.5, 0.6) is 0 Å². The van der Waals surface area contributed by atoms with Crippen molar-refractivity contribution in [2.75, 3.05) is 0 Å². The predicted molar refractivity (Wildman–Crippen MR) is 83.4 cm³/mol. The Morgan fingerprint density at radius 3 is 2.95 bits per heavy atom. The average Bonchev–Trinajstić information content (AvgIpc) is 2.91. The lowest BCUT2D eigenvalue weighted by atomic mass is 9.76. The molecule has 0 saturated heterocycles. The maximum absolute atomic E-state index is 12.1. The Kier molecular flexibility index (Phi) is 5.39. The summed E-state index contributed by atoms with van der Waals surface area (Å²) in [5, 5.41) is 14.4. The summed E-state index contributed by atoms with van der Waals surface area (Å²) < 4.78 is 0. The molecule has 0 radical (unpaired) electrons. The largest absolute Gasteiger partial charge is 0.480 e. The average molecular weight is 309 g/mol. The first-order valence-corrected chi connectivity index (χ1v) is 8.46. The number of hydrogen-bond donors (Lipinski definition) is 2. The van der Waals surface area contributed by atoms with E-state index < -0.39 is 11.5 Å². The molecule has 0 aliphatic heterocycles. The van der Waals surface area contributed by atoms with Crippen LogP contribution in [-0.2, 0) is 16.0 Å². The summed E-state index contributed by atoms with van der Waals surface area (Å²) in [4.78, 5) is 25.0. The van der Waals surface area contributed by atoms with Crippen LogP contribution in [0.1, 0.15) is 50.3 Å². The predicted octanol–water partition coefficient (Wildman–Crippen LogP) is 3.22. The van der Waals surface area contributed by atoms with Crippen molar-refractivity contribution in [1.82, 2.24) is 5.32 Å². The van der Waals surface area contributed by atoms with Gasteiger partial charge in [-0.2, -0.15) is 0 Å². The number of carbonyl (C=O) groups excluding carboxylic acids is 1. The van der Waals surface area contributed by atoms with Gasteiger partial charge in [-0.3, -0.25) is 4.79 Å². The number of amides is 1. The summed E-state index contributed by atoms with van der Waals surface area (Å²) in [5.74, 6) is -0.676. The molecule has 116 valence electrons. The SMILES string of the molecule is CC1CCCC(NC(=O)CCCc2cccs2)(C(=O)O)C1. The minimum Gasteiger partial charge on any atom is -0.480 e. The number of aryl methyl sites for hydroxylation is 1. The van der Waals surface area contributed by atoms with E-state index in [0.717, 1.165) is 25.7 Å². The zero-order valence-electron chi connectivity index (χ0n) is 12.4. The minimum absolute atomic E-state index is 0.136. The Hall–Kier alpha value is -1.36. The molecule has 1 fully saturated rings. The topological polar surface area (TPSA) is 66.4 Å². The zero-order valence-corrected chi connectivity index (χ0v) is 13.2. The highest BCUT2D eigenvalue weighted by Crippen LogP contribution is 2.32. The standard InChI is InChI=1S/C16H23NO3S/c1-12-5-3-9-16(11-12,15(19)20)17-14(18)8-2-6-13-7-4-10-21-13/h4,7,10,12H,2-3,5-6,8-9,11H2,1H3,(H,17,18)(H,19,20). The van der Waals surface area contributed by atoms with Gasteiger partial charge in [0.1, 0.15) is 5.54 Å². The molecule has 1 aromatic heterocycles. The first-order chi connectivity index (χ1) is 10.0. The summed E-state index contributed by atoms with van der Waals surface area (Å²) in [6.07, 6.45) is 5.02. The van der Waals surface area contributed by atoms with Gasteiger partial charge in [0, 0.05) is 11.3 Å². The number of aliphatic carboxylic acids is 1. The van der Waals surface area contributed by atoms with Crippen LogP contribution in [0.15, 0.2) is 17.5 Å². The normalized spacial score (nSPS) is 25.5. The summed E-state index contributed by atoms with van der Waals surface area (Å²) in [5.41, 5.74) is -1.04. The maximum Gasteiger partial charge on any atom is 0.329 e. The van der Waals surface area contributed by atoms with Gasteiger partial charge in [-0.15, -0.1) is 11.3 Å². The van der Waals surface area contributed by atoms with Crippen molar-refractivity contribution < 1.29 is 14.7 Å². The van der Waals surface area contributed by atoms with Gasteiger partial charge < -0.3 is 10.4 Å². The fourth-order valence-corrected chi connectivity index (χ4v) is 3.87. The van der Waals surface area contributed by atoms with Crippen LogP contribution < -0.4 is 5.32 Å². The van der Waals surface area contributed by atoms with Crippen molar-refractivity contribution in [2.24, 2.45) is 5.92 Å². The van der Waals surface area contributed by atoms with Crippen LogP contribution in [0.3, 0.4) is 0 Å². The summed E-state index contributed by atoms with van der Waals surface area (Å²) in [7, 11) is 0. The van der Waals surface area contributed by atoms with Crippen LogP contribution in [0.4, 0.5) is 0 Å². The van der Waals surface area contributed by atoms with Gasteiger partial charge in [0.05, 0.1) is 0 Å². The van der Waals surface area contributed by atoms with E-state index in [-0.39, 0.29) is 5.91 Å². The fourth-order valence-electron chi connectivity index (χ4n) is 3.12. The molecule has 1 heterocycles. The van der Waals surface area contributed by atoms with Gasteiger partial charge in [0.15, 0.2) is 0 Å². The Morgan fingerprint density at radius 2 is 2.33 bits per heavy atom. The molecule has 0 spiro atoms. The van der Waals surface area contributed by atoms with Crippen LogP contribution >= 0.6 is 11.3 Å². The molecule has 2 N–H and O–H groups in total. The van der Waals surface area contributed by atoms with Crippen molar-refractivity contribution in [3.05, 3.63) is 22.4 Å². The Morgan fingerprint density at radius 1 is 1.52 bits per heavy atom. The molecule has 2 rings (SSSR count). The number of carboxylic acid groups (broad SMARTS) is 1. The van der Waals surface area contributed by atoms with Crippen molar-refractivity contribution in [2.45, 2.75) is 57.4 Å². The van der Waals surface area contributed by atoms with Crippen LogP contribution in [-0.4, -0.2) is 22.5 Å². The molecule has 5 heteroatoms. The van der Waals surface area contributed by atoms with E-state index in [2.05, 4.69) is 18.3 Å². The second kappa shape index (κ2) is 7.07. The van der Waals surface area contributed by atoms with E-state index in [9.17, 15) is 14.7 Å². The zero-order chi connectivity index (χ0) is 15.3. The summed E-state index contributed by atoms with van der Waals surface area (Å²) in [6.45, 7) is 2.06. The van der Waals surface area contributed by atoms with Crippen LogP contribution in [0.25, 0.3) is 0 Å². The van der Waals surface area contributed by atoms with Crippen molar-refractivity contribution in [3.8, 4) is 0 Å². The third-order valence-electron chi connectivity index (χ3n) is 4.19. The van der Waals surface area contributed by atoms with Gasteiger partial charge in [0.25, 0.3) is 0 Å². The van der Waals surface area contributed by atoms with Gasteiger partial charge >= 0.3 is 5.97 Å². The molecule has 1 amide bonds. The van der Waals surface area contributed by atoms with Crippen molar-refractivity contribution in [1.29, 1.82) is 0 Å². The first kappa shape index (κ1) is 16.0. The fraction of sp³-hybridized carbons (Fsp3) is 0.625. The summed E-state index contributed by atoms with van der Waals surface area (Å²) >= 11 is 1.69. The van der Waals surface area contributed by atoms with Gasteiger partial charge in [-0.25, -0.2) is 4.79 Å². The van der Waals surface area contributed by atoms with Crippen molar-refractivity contribution in [3.63, 3.8) is 0 Å². The minimum atomic E-state index is -1.04. The highest BCUT2D eigenvalue weighted by atomic mass is 32.1. The Balaban J connectivity index is 1.85. The smallest absolute Gasteiger partial charge is 0.329 e. The number of hydrogen-bond acceptors (Lipinski definition) is 3. The lowest BCUT2D eigenvalue weighted by molar-refractivity contribution is -0.150. The van der Waals surface area contributed by atoms with E-state index in [1.807, 2.05) is 11.4 Å². The highest BCUT2D eigenvalue weighted by molar-refractivity contribution is 7.09. The second-order valence-electron chi connectivity index (χ2n) is 6.07. The molecule has 1 aromatic rings. The maximum atomic E-state index is 12.1. The molecule has 1 aliphatic rings. The van der Waals surface area contributed by atoms with E-state index in [1.54, 1.807) is 11.3 Å². The van der Waals surface area contributed by atoms with Gasteiger partial charge in [0.2, 0.25) is 5.91 Å². The summed E-state index contributed by atoms with van der Waals surface area (Å²) in [6, 6.07) is 4.06. The highest BCUT2D eigenvalue weighted by Gasteiger charge is 2.42. The Labute approximate surface area is 129 Å². The van der Waals surface area contributed by atoms with E-state index in [0.29, 0.717) is 25.2 Å². The molecular weight excluding hydrogens is 286 g/mol. The van der Waals surface area contributed by atoms with Crippen LogP contribution in [0, 0.1) is 5.92 Å². The molecule has 4 nitrogen and oxygen atoms in total. The molecular formula is C16H23NO3S. The Bertz CT molecular complexity index is 486. The van der Waals surface area contributed by atoms with E-state index >= 15 is 0 Å². The monoisotopic (exact) mass is 309 g/mol. The molecule has 0 aromatic carbocycles. The molecule has 2 atom stereocenters. The third-order valence-corrected chi connectivity index (χ3v) is 5.13. The lowest BCUT2D eigenvalue weighted by Crippen LogP contribution is -2.56. The number of rotatable bonds is 6. The molecule has 21 heavy (non-hydrogen) atoms.